The molecule has 0 atom stereocenters. The van der Waals surface area contributed by atoms with Gasteiger partial charge in [-0.05, 0) is 18.2 Å². The van der Waals surface area contributed by atoms with Crippen LogP contribution < -0.4 is 11.1 Å². The summed E-state index contributed by atoms with van der Waals surface area (Å²) in [7, 11) is 0. The van der Waals surface area contributed by atoms with Crippen LogP contribution >= 0.6 is 11.6 Å². The molecular weight excluding hydrogens is 226 g/mol. The number of aliphatic hydroxyl groups is 1. The van der Waals surface area contributed by atoms with Gasteiger partial charge in [-0.2, -0.15) is 0 Å². The molecule has 16 heavy (non-hydrogen) atoms. The van der Waals surface area contributed by atoms with Crippen molar-refractivity contribution in [2.75, 3.05) is 24.2 Å². The first kappa shape index (κ1) is 11.0. The maximum atomic E-state index is 8.77. The molecule has 0 unspecified atom stereocenters. The van der Waals surface area contributed by atoms with Crippen molar-refractivity contribution < 1.29 is 5.11 Å². The number of aliphatic hydroxyl groups excluding tert-OH is 1. The van der Waals surface area contributed by atoms with Gasteiger partial charge in [-0.25, -0.2) is 4.98 Å². The summed E-state index contributed by atoms with van der Waals surface area (Å²) in [6.07, 6.45) is 1.67. The lowest BCUT2D eigenvalue weighted by Crippen LogP contribution is -2.07. The molecule has 0 bridgehead atoms. The van der Waals surface area contributed by atoms with Crippen LogP contribution in [0.4, 0.5) is 11.5 Å². The number of aromatic nitrogens is 1. The minimum Gasteiger partial charge on any atom is -0.398 e. The largest absolute Gasteiger partial charge is 0.398 e. The number of nitrogen functional groups attached to an aromatic ring is 1. The molecule has 0 spiro atoms. The average molecular weight is 238 g/mol. The monoisotopic (exact) mass is 237 g/mol. The van der Waals surface area contributed by atoms with E-state index in [1.807, 2.05) is 6.07 Å². The smallest absolute Gasteiger partial charge is 0.134 e. The first-order chi connectivity index (χ1) is 7.72. The van der Waals surface area contributed by atoms with Crippen molar-refractivity contribution in [2.24, 2.45) is 0 Å². The van der Waals surface area contributed by atoms with Gasteiger partial charge >= 0.3 is 0 Å². The molecule has 0 aliphatic rings. The standard InChI is InChI=1S/C11H12ClN3O/c12-7-5-9-8(10(13)6-7)1-2-14-11(9)15-3-4-16/h1-2,5-6,16H,3-4,13H2,(H,14,15). The number of hydrogen-bond donors (Lipinski definition) is 3. The molecule has 4 nitrogen and oxygen atoms in total. The highest BCUT2D eigenvalue weighted by molar-refractivity contribution is 6.32. The van der Waals surface area contributed by atoms with Gasteiger partial charge in [-0.3, -0.25) is 0 Å². The van der Waals surface area contributed by atoms with E-state index in [2.05, 4.69) is 10.3 Å². The number of halogens is 1. The number of nitrogens with two attached hydrogens (primary N) is 1. The van der Waals surface area contributed by atoms with Gasteiger partial charge in [-0.15, -0.1) is 0 Å². The summed E-state index contributed by atoms with van der Waals surface area (Å²) in [5.41, 5.74) is 6.49. The van der Waals surface area contributed by atoms with E-state index in [1.165, 1.54) is 0 Å². The molecule has 2 aromatic rings. The third-order valence-electron chi connectivity index (χ3n) is 2.28. The third kappa shape index (κ3) is 2.03. The zero-order valence-corrected chi connectivity index (χ0v) is 9.33. The number of fused-ring (bicyclic) bond motifs is 1. The number of benzene rings is 1. The molecule has 1 aromatic carbocycles. The number of rotatable bonds is 3. The lowest BCUT2D eigenvalue weighted by atomic mass is 10.1. The lowest BCUT2D eigenvalue weighted by Gasteiger charge is -2.09. The van der Waals surface area contributed by atoms with Gasteiger partial charge in [0.15, 0.2) is 0 Å². The second-order valence-corrected chi connectivity index (χ2v) is 3.84. The van der Waals surface area contributed by atoms with E-state index in [0.29, 0.717) is 23.1 Å². The van der Waals surface area contributed by atoms with Crippen LogP contribution in [0, 0.1) is 0 Å². The SMILES string of the molecule is Nc1cc(Cl)cc2c(NCCO)nccc12. The summed E-state index contributed by atoms with van der Waals surface area (Å²) in [6.45, 7) is 0.493. The van der Waals surface area contributed by atoms with Crippen molar-refractivity contribution in [1.29, 1.82) is 0 Å². The molecule has 0 fully saturated rings. The first-order valence-electron chi connectivity index (χ1n) is 4.91. The average Bonchev–Trinajstić information content (AvgIpc) is 2.26. The number of nitrogens with one attached hydrogen (secondary N) is 1. The lowest BCUT2D eigenvalue weighted by molar-refractivity contribution is 0.311. The summed E-state index contributed by atoms with van der Waals surface area (Å²) >= 11 is 5.95. The molecule has 84 valence electrons. The molecule has 0 saturated heterocycles. The van der Waals surface area contributed by atoms with Crippen molar-refractivity contribution in [3.63, 3.8) is 0 Å². The maximum Gasteiger partial charge on any atom is 0.134 e. The van der Waals surface area contributed by atoms with Crippen molar-refractivity contribution in [2.45, 2.75) is 0 Å². The Labute approximate surface area is 98.0 Å². The Morgan fingerprint density at radius 3 is 2.94 bits per heavy atom. The summed E-state index contributed by atoms with van der Waals surface area (Å²) in [5.74, 6) is 0.681. The van der Waals surface area contributed by atoms with Gasteiger partial charge in [0, 0.05) is 34.2 Å². The predicted octanol–water partition coefficient (Wildman–Crippen LogP) is 1.87. The highest BCUT2D eigenvalue weighted by atomic mass is 35.5. The second kappa shape index (κ2) is 4.55. The maximum absolute atomic E-state index is 8.77. The summed E-state index contributed by atoms with van der Waals surface area (Å²) < 4.78 is 0. The number of hydrogen-bond acceptors (Lipinski definition) is 4. The quantitative estimate of drug-likeness (QED) is 0.713. The van der Waals surface area contributed by atoms with Crippen molar-refractivity contribution >= 4 is 33.9 Å². The molecule has 0 amide bonds. The minimum absolute atomic E-state index is 0.0497. The predicted molar refractivity (Wildman–Crippen MR) is 66.7 cm³/mol. The van der Waals surface area contributed by atoms with E-state index in [1.54, 1.807) is 18.3 Å². The minimum atomic E-state index is 0.0497. The van der Waals surface area contributed by atoms with Crippen LogP contribution in [0.15, 0.2) is 24.4 Å². The molecular formula is C11H12ClN3O. The van der Waals surface area contributed by atoms with Gasteiger partial charge in [0.25, 0.3) is 0 Å². The zero-order chi connectivity index (χ0) is 11.5. The van der Waals surface area contributed by atoms with Crippen molar-refractivity contribution in [3.05, 3.63) is 29.4 Å². The van der Waals surface area contributed by atoms with E-state index >= 15 is 0 Å². The van der Waals surface area contributed by atoms with Gasteiger partial charge in [0.05, 0.1) is 6.61 Å². The number of anilines is 2. The van der Waals surface area contributed by atoms with Gasteiger partial charge in [-0.1, -0.05) is 11.6 Å². The van der Waals surface area contributed by atoms with E-state index in [0.717, 1.165) is 10.8 Å². The van der Waals surface area contributed by atoms with Crippen molar-refractivity contribution in [1.82, 2.24) is 4.98 Å². The van der Waals surface area contributed by atoms with Gasteiger partial charge < -0.3 is 16.2 Å². The normalized spacial score (nSPS) is 10.6. The Kier molecular flexibility index (Phi) is 3.12. The third-order valence-corrected chi connectivity index (χ3v) is 2.50. The molecule has 0 saturated carbocycles. The Bertz CT molecular complexity index is 516. The zero-order valence-electron chi connectivity index (χ0n) is 8.57. The van der Waals surface area contributed by atoms with Crippen molar-refractivity contribution in [3.8, 4) is 0 Å². The molecule has 1 heterocycles. The Balaban J connectivity index is 2.57. The van der Waals surface area contributed by atoms with Gasteiger partial charge in [0.1, 0.15) is 5.82 Å². The fraction of sp³-hybridized carbons (Fsp3) is 0.182. The Morgan fingerprint density at radius 2 is 2.19 bits per heavy atom. The van der Waals surface area contributed by atoms with E-state index in [-0.39, 0.29) is 6.61 Å². The highest BCUT2D eigenvalue weighted by Crippen LogP contribution is 2.29. The fourth-order valence-corrected chi connectivity index (χ4v) is 1.82. The molecule has 2 rings (SSSR count). The van der Waals surface area contributed by atoms with E-state index < -0.39 is 0 Å². The summed E-state index contributed by atoms with van der Waals surface area (Å²) in [4.78, 5) is 4.19. The Morgan fingerprint density at radius 1 is 1.38 bits per heavy atom. The van der Waals surface area contributed by atoms with Crippen LogP contribution in [-0.4, -0.2) is 23.2 Å². The topological polar surface area (TPSA) is 71.2 Å². The van der Waals surface area contributed by atoms with Crippen LogP contribution in [0.3, 0.4) is 0 Å². The highest BCUT2D eigenvalue weighted by Gasteiger charge is 2.05. The van der Waals surface area contributed by atoms with Crippen LogP contribution in [-0.2, 0) is 0 Å². The number of pyridine rings is 1. The fourth-order valence-electron chi connectivity index (χ4n) is 1.59. The molecule has 0 radical (unpaired) electrons. The summed E-state index contributed by atoms with van der Waals surface area (Å²) in [5, 5.41) is 14.1. The molecule has 0 aliphatic heterocycles. The second-order valence-electron chi connectivity index (χ2n) is 3.40. The molecule has 4 N–H and O–H groups in total. The molecule has 1 aromatic heterocycles. The Hall–Kier alpha value is -1.52. The summed E-state index contributed by atoms with van der Waals surface area (Å²) in [6, 6.07) is 5.35. The first-order valence-corrected chi connectivity index (χ1v) is 5.28. The van der Waals surface area contributed by atoms with E-state index in [9.17, 15) is 0 Å². The van der Waals surface area contributed by atoms with Crippen LogP contribution in [0.2, 0.25) is 5.02 Å². The van der Waals surface area contributed by atoms with Crippen LogP contribution in [0.1, 0.15) is 0 Å². The van der Waals surface area contributed by atoms with Crippen LogP contribution in [0.5, 0.6) is 0 Å². The van der Waals surface area contributed by atoms with Crippen LogP contribution in [0.25, 0.3) is 10.8 Å². The molecule has 5 heteroatoms. The molecule has 0 aliphatic carbocycles. The van der Waals surface area contributed by atoms with Gasteiger partial charge in [0.2, 0.25) is 0 Å². The number of nitrogens with zero attached hydrogens (tertiary/aromatic N) is 1. The van der Waals surface area contributed by atoms with E-state index in [4.69, 9.17) is 22.4 Å².